The van der Waals surface area contributed by atoms with Crippen molar-refractivity contribution in [2.45, 2.75) is 19.9 Å². The van der Waals surface area contributed by atoms with Crippen molar-refractivity contribution in [3.63, 3.8) is 0 Å². The van der Waals surface area contributed by atoms with Gasteiger partial charge in [-0.2, -0.15) is 0 Å². The first-order valence-corrected chi connectivity index (χ1v) is 7.19. The number of imidazole rings is 1. The van der Waals surface area contributed by atoms with Crippen LogP contribution < -0.4 is 5.73 Å². The highest BCUT2D eigenvalue weighted by atomic mass is 127. The molecule has 2 N–H and O–H groups in total. The number of aromatic nitrogens is 2. The summed E-state index contributed by atoms with van der Waals surface area (Å²) in [5.74, 6) is 0.366. The zero-order chi connectivity index (χ0) is 13.3. The molecule has 0 bridgehead atoms. The number of nitrogens with zero attached hydrogens (tertiary/aromatic N) is 2. The summed E-state index contributed by atoms with van der Waals surface area (Å²) in [6, 6.07) is 5.77. The molecule has 96 valence electrons. The highest BCUT2D eigenvalue weighted by Gasteiger charge is 2.17. The van der Waals surface area contributed by atoms with Gasteiger partial charge < -0.3 is 10.3 Å². The molecule has 0 aliphatic rings. The Hall–Kier alpha value is -0.590. The Balaban J connectivity index is 2.49. The van der Waals surface area contributed by atoms with E-state index in [4.69, 9.17) is 17.3 Å². The van der Waals surface area contributed by atoms with Gasteiger partial charge in [0, 0.05) is 14.6 Å². The van der Waals surface area contributed by atoms with Gasteiger partial charge in [0.1, 0.15) is 0 Å². The summed E-state index contributed by atoms with van der Waals surface area (Å²) in [5.41, 5.74) is 8.29. The summed E-state index contributed by atoms with van der Waals surface area (Å²) in [4.78, 5) is 4.21. The molecule has 0 spiro atoms. The monoisotopic (exact) mass is 375 g/mol. The molecule has 0 saturated carbocycles. The smallest absolute Gasteiger partial charge is 0.0995 e. The van der Waals surface area contributed by atoms with E-state index >= 15 is 0 Å². The van der Waals surface area contributed by atoms with Gasteiger partial charge in [-0.15, -0.1) is 0 Å². The van der Waals surface area contributed by atoms with Crippen LogP contribution in [0.2, 0.25) is 5.02 Å². The molecule has 1 heterocycles. The van der Waals surface area contributed by atoms with Crippen LogP contribution in [0.5, 0.6) is 0 Å². The number of nitrogens with two attached hydrogens (primary N) is 1. The SMILES string of the molecule is CC(C)C(N)c1cncn1-c1ccc(Cl)cc1I. The predicted octanol–water partition coefficient (Wildman–Crippen LogP) is 3.79. The Morgan fingerprint density at radius 2 is 2.11 bits per heavy atom. The first-order chi connectivity index (χ1) is 8.50. The summed E-state index contributed by atoms with van der Waals surface area (Å²) in [7, 11) is 0. The molecular weight excluding hydrogens is 361 g/mol. The van der Waals surface area contributed by atoms with E-state index in [-0.39, 0.29) is 6.04 Å². The van der Waals surface area contributed by atoms with Crippen molar-refractivity contribution in [3.8, 4) is 5.69 Å². The van der Waals surface area contributed by atoms with Gasteiger partial charge in [0.2, 0.25) is 0 Å². The third kappa shape index (κ3) is 2.70. The topological polar surface area (TPSA) is 43.8 Å². The van der Waals surface area contributed by atoms with Crippen LogP contribution in [0.1, 0.15) is 25.6 Å². The fraction of sp³-hybridized carbons (Fsp3) is 0.308. The Morgan fingerprint density at radius 1 is 1.39 bits per heavy atom. The maximum Gasteiger partial charge on any atom is 0.0995 e. The minimum Gasteiger partial charge on any atom is -0.322 e. The zero-order valence-corrected chi connectivity index (χ0v) is 13.2. The number of rotatable bonds is 3. The summed E-state index contributed by atoms with van der Waals surface area (Å²) in [6.07, 6.45) is 3.62. The maximum atomic E-state index is 6.21. The van der Waals surface area contributed by atoms with Crippen LogP contribution in [0.25, 0.3) is 5.69 Å². The minimum atomic E-state index is -0.0287. The van der Waals surface area contributed by atoms with Crippen LogP contribution in [0.3, 0.4) is 0 Å². The lowest BCUT2D eigenvalue weighted by atomic mass is 10.0. The lowest BCUT2D eigenvalue weighted by molar-refractivity contribution is 0.497. The molecule has 0 amide bonds. The van der Waals surface area contributed by atoms with E-state index in [9.17, 15) is 0 Å². The van der Waals surface area contributed by atoms with E-state index in [0.717, 1.165) is 20.0 Å². The molecule has 5 heteroatoms. The molecular formula is C13H15ClIN3. The standard InChI is InChI=1S/C13H15ClIN3/c1-8(2)13(16)12-6-17-7-18(12)11-4-3-9(14)5-10(11)15/h3-8,13H,16H2,1-2H3. The van der Waals surface area contributed by atoms with Gasteiger partial charge in [-0.25, -0.2) is 4.98 Å². The third-order valence-electron chi connectivity index (χ3n) is 2.90. The molecule has 18 heavy (non-hydrogen) atoms. The Kier molecular flexibility index (Phi) is 4.29. The molecule has 0 saturated heterocycles. The average molecular weight is 376 g/mol. The molecule has 0 fully saturated rings. The number of hydrogen-bond acceptors (Lipinski definition) is 2. The van der Waals surface area contributed by atoms with Crippen molar-refractivity contribution in [1.29, 1.82) is 0 Å². The van der Waals surface area contributed by atoms with Crippen molar-refractivity contribution in [1.82, 2.24) is 9.55 Å². The van der Waals surface area contributed by atoms with Crippen molar-refractivity contribution < 1.29 is 0 Å². The van der Waals surface area contributed by atoms with Crippen LogP contribution in [-0.2, 0) is 0 Å². The van der Waals surface area contributed by atoms with Crippen molar-refractivity contribution in [3.05, 3.63) is 45.0 Å². The van der Waals surface area contributed by atoms with Crippen LogP contribution in [-0.4, -0.2) is 9.55 Å². The van der Waals surface area contributed by atoms with Crippen LogP contribution in [0, 0.1) is 9.49 Å². The van der Waals surface area contributed by atoms with E-state index in [0.29, 0.717) is 5.92 Å². The van der Waals surface area contributed by atoms with Crippen LogP contribution in [0.4, 0.5) is 0 Å². The van der Waals surface area contributed by atoms with E-state index in [2.05, 4.69) is 41.4 Å². The zero-order valence-electron chi connectivity index (χ0n) is 10.3. The highest BCUT2D eigenvalue weighted by molar-refractivity contribution is 14.1. The molecule has 3 nitrogen and oxygen atoms in total. The predicted molar refractivity (Wildman–Crippen MR) is 83.1 cm³/mol. The van der Waals surface area contributed by atoms with Gasteiger partial charge in [0.05, 0.1) is 23.9 Å². The van der Waals surface area contributed by atoms with Crippen molar-refractivity contribution in [2.75, 3.05) is 0 Å². The maximum absolute atomic E-state index is 6.21. The van der Waals surface area contributed by atoms with Crippen molar-refractivity contribution >= 4 is 34.2 Å². The van der Waals surface area contributed by atoms with Crippen LogP contribution in [0.15, 0.2) is 30.7 Å². The first-order valence-electron chi connectivity index (χ1n) is 5.74. The summed E-state index contributed by atoms with van der Waals surface area (Å²) >= 11 is 8.25. The molecule has 1 atom stereocenters. The molecule has 0 radical (unpaired) electrons. The number of halogens is 2. The molecule has 0 aliphatic heterocycles. The quantitative estimate of drug-likeness (QED) is 0.830. The van der Waals surface area contributed by atoms with Gasteiger partial charge in [0.15, 0.2) is 0 Å². The van der Waals surface area contributed by atoms with Gasteiger partial charge in [-0.05, 0) is 46.7 Å². The highest BCUT2D eigenvalue weighted by Crippen LogP contribution is 2.26. The van der Waals surface area contributed by atoms with E-state index in [1.165, 1.54) is 0 Å². The normalized spacial score (nSPS) is 13.0. The third-order valence-corrected chi connectivity index (χ3v) is 4.00. The minimum absolute atomic E-state index is 0.0287. The largest absolute Gasteiger partial charge is 0.322 e. The van der Waals surface area contributed by atoms with Crippen molar-refractivity contribution in [2.24, 2.45) is 11.7 Å². The fourth-order valence-electron chi connectivity index (χ4n) is 1.77. The second-order valence-corrected chi connectivity index (χ2v) is 6.15. The molecule has 1 aromatic heterocycles. The summed E-state index contributed by atoms with van der Waals surface area (Å²) in [6.45, 7) is 4.21. The molecule has 1 aromatic carbocycles. The second kappa shape index (κ2) is 5.59. The van der Waals surface area contributed by atoms with Gasteiger partial charge in [-0.3, -0.25) is 0 Å². The Morgan fingerprint density at radius 3 is 2.72 bits per heavy atom. The first kappa shape index (κ1) is 13.8. The molecule has 1 unspecified atom stereocenters. The van der Waals surface area contributed by atoms with E-state index < -0.39 is 0 Å². The van der Waals surface area contributed by atoms with Gasteiger partial charge >= 0.3 is 0 Å². The van der Waals surface area contributed by atoms with E-state index in [1.807, 2.05) is 29.0 Å². The molecule has 2 rings (SSSR count). The Labute approximate surface area is 125 Å². The van der Waals surface area contributed by atoms with Crippen LogP contribution >= 0.6 is 34.2 Å². The lowest BCUT2D eigenvalue weighted by Crippen LogP contribution is -2.20. The average Bonchev–Trinajstić information content (AvgIpc) is 2.76. The summed E-state index contributed by atoms with van der Waals surface area (Å²) < 4.78 is 3.11. The Bertz CT molecular complexity index is 551. The van der Waals surface area contributed by atoms with Gasteiger partial charge in [-0.1, -0.05) is 25.4 Å². The molecule has 2 aromatic rings. The fourth-order valence-corrected chi connectivity index (χ4v) is 2.90. The summed E-state index contributed by atoms with van der Waals surface area (Å²) in [5, 5.41) is 0.734. The number of benzene rings is 1. The van der Waals surface area contributed by atoms with E-state index in [1.54, 1.807) is 6.33 Å². The second-order valence-electron chi connectivity index (χ2n) is 4.55. The number of hydrogen-bond donors (Lipinski definition) is 1. The van der Waals surface area contributed by atoms with Gasteiger partial charge in [0.25, 0.3) is 0 Å². The lowest BCUT2D eigenvalue weighted by Gasteiger charge is -2.18. The molecule has 0 aliphatic carbocycles.